The van der Waals surface area contributed by atoms with Crippen LogP contribution in [0.25, 0.3) is 0 Å². The van der Waals surface area contributed by atoms with Crippen molar-refractivity contribution in [2.45, 2.75) is 6.18 Å². The molecule has 2 aromatic rings. The van der Waals surface area contributed by atoms with Gasteiger partial charge in [0.15, 0.2) is 0 Å². The number of alkyl halides is 3. The van der Waals surface area contributed by atoms with Gasteiger partial charge in [-0.15, -0.1) is 0 Å². The highest BCUT2D eigenvalue weighted by Crippen LogP contribution is 2.36. The first kappa shape index (κ1) is 19.2. The zero-order chi connectivity index (χ0) is 18.8. The van der Waals surface area contributed by atoms with Crippen LogP contribution in [0.1, 0.15) is 15.9 Å². The van der Waals surface area contributed by atoms with Crippen LogP contribution in [-0.4, -0.2) is 11.9 Å². The maximum absolute atomic E-state index is 13.8. The minimum absolute atomic E-state index is 0.172. The normalized spacial score (nSPS) is 11.1. The Labute approximate surface area is 152 Å². The van der Waals surface area contributed by atoms with E-state index in [-0.39, 0.29) is 16.8 Å². The van der Waals surface area contributed by atoms with Gasteiger partial charge in [-0.3, -0.25) is 10.1 Å². The van der Waals surface area contributed by atoms with Gasteiger partial charge in [-0.2, -0.15) is 13.2 Å². The smallest absolute Gasteiger partial charge is 0.306 e. The molecule has 0 saturated carbocycles. The van der Waals surface area contributed by atoms with E-state index in [1.54, 1.807) is 12.1 Å². The van der Waals surface area contributed by atoms with E-state index < -0.39 is 39.5 Å². The molecule has 10 heteroatoms. The Kier molecular flexibility index (Phi) is 5.69. The molecule has 25 heavy (non-hydrogen) atoms. The van der Waals surface area contributed by atoms with Crippen LogP contribution < -0.4 is 10.6 Å². The summed E-state index contributed by atoms with van der Waals surface area (Å²) in [5.74, 6) is -2.63. The third-order valence-corrected chi connectivity index (χ3v) is 3.94. The Hall–Kier alpha value is -2.13. The predicted molar refractivity (Wildman–Crippen MR) is 87.0 cm³/mol. The van der Waals surface area contributed by atoms with Crippen LogP contribution in [-0.2, 0) is 6.18 Å². The number of nitrogens with one attached hydrogen (secondary N) is 2. The Bertz CT molecular complexity index is 843. The second kappa shape index (κ2) is 7.40. The molecule has 132 valence electrons. The third kappa shape index (κ3) is 4.70. The van der Waals surface area contributed by atoms with Gasteiger partial charge in [0.05, 0.1) is 21.8 Å². The summed E-state index contributed by atoms with van der Waals surface area (Å²) in [7, 11) is 0. The van der Waals surface area contributed by atoms with E-state index in [1.165, 1.54) is 12.1 Å². The lowest BCUT2D eigenvalue weighted by atomic mass is 10.1. The van der Waals surface area contributed by atoms with Crippen molar-refractivity contribution < 1.29 is 27.2 Å². The largest absolute Gasteiger partial charge is 0.417 e. The summed E-state index contributed by atoms with van der Waals surface area (Å²) in [5.41, 5.74) is -1.81. The number of imide groups is 1. The maximum Gasteiger partial charge on any atom is 0.417 e. The average molecular weight is 440 g/mol. The van der Waals surface area contributed by atoms with Crippen molar-refractivity contribution in [1.82, 2.24) is 5.32 Å². The fourth-order valence-corrected chi connectivity index (χ4v) is 2.58. The van der Waals surface area contributed by atoms with Gasteiger partial charge in [0, 0.05) is 4.47 Å². The second-order valence-electron chi connectivity index (χ2n) is 4.70. The number of anilines is 1. The molecule has 4 nitrogen and oxygen atoms in total. The van der Waals surface area contributed by atoms with Gasteiger partial charge >= 0.3 is 12.2 Å². The zero-order valence-corrected chi connectivity index (χ0v) is 14.4. The van der Waals surface area contributed by atoms with Crippen molar-refractivity contribution in [3.8, 4) is 0 Å². The maximum atomic E-state index is 13.8. The van der Waals surface area contributed by atoms with Crippen molar-refractivity contribution in [2.24, 2.45) is 0 Å². The first-order valence-electron chi connectivity index (χ1n) is 6.52. The molecule has 0 spiro atoms. The van der Waals surface area contributed by atoms with Gasteiger partial charge in [0.1, 0.15) is 5.82 Å². The molecular formula is C15H8BrClF4N2O2. The number of carbonyl (C=O) groups excluding carboxylic acids is 2. The van der Waals surface area contributed by atoms with Crippen LogP contribution in [0.5, 0.6) is 0 Å². The highest BCUT2D eigenvalue weighted by atomic mass is 79.9. The molecule has 0 atom stereocenters. The molecule has 0 bridgehead atoms. The molecule has 3 amide bonds. The Morgan fingerprint density at radius 2 is 1.76 bits per heavy atom. The zero-order valence-electron chi connectivity index (χ0n) is 12.0. The number of para-hydroxylation sites is 1. The highest BCUT2D eigenvalue weighted by Gasteiger charge is 2.34. The topological polar surface area (TPSA) is 58.2 Å². The minimum atomic E-state index is -4.80. The second-order valence-corrected chi connectivity index (χ2v) is 5.96. The number of rotatable bonds is 2. The summed E-state index contributed by atoms with van der Waals surface area (Å²) in [6.07, 6.45) is -4.80. The third-order valence-electron chi connectivity index (χ3n) is 2.96. The standard InChI is InChI=1S/C15H8BrClF4N2O2/c16-9-5-7(11(18)6-8(9)15(19,20)21)13(24)23-14(25)22-12-4-2-1-3-10(12)17/h1-6H,(H2,22,23,24,25). The van der Waals surface area contributed by atoms with Crippen LogP contribution in [0.15, 0.2) is 40.9 Å². The Morgan fingerprint density at radius 3 is 2.36 bits per heavy atom. The van der Waals surface area contributed by atoms with E-state index >= 15 is 0 Å². The number of urea groups is 1. The lowest BCUT2D eigenvalue weighted by molar-refractivity contribution is -0.138. The van der Waals surface area contributed by atoms with Crippen molar-refractivity contribution in [1.29, 1.82) is 0 Å². The van der Waals surface area contributed by atoms with E-state index in [0.717, 1.165) is 0 Å². The van der Waals surface area contributed by atoms with Crippen LogP contribution in [0.3, 0.4) is 0 Å². The summed E-state index contributed by atoms with van der Waals surface area (Å²) in [5, 5.41) is 4.27. The van der Waals surface area contributed by atoms with E-state index in [2.05, 4.69) is 21.2 Å². The van der Waals surface area contributed by atoms with Crippen molar-refractivity contribution in [2.75, 3.05) is 5.32 Å². The van der Waals surface area contributed by atoms with Gasteiger partial charge < -0.3 is 5.32 Å². The first-order valence-corrected chi connectivity index (χ1v) is 7.70. The van der Waals surface area contributed by atoms with Gasteiger partial charge in [-0.25, -0.2) is 9.18 Å². The number of hydrogen-bond donors (Lipinski definition) is 2. The quantitative estimate of drug-likeness (QED) is 0.630. The van der Waals surface area contributed by atoms with Crippen LogP contribution in [0.2, 0.25) is 5.02 Å². The van der Waals surface area contributed by atoms with Gasteiger partial charge in [0.2, 0.25) is 0 Å². The fourth-order valence-electron chi connectivity index (χ4n) is 1.82. The molecule has 0 aliphatic rings. The molecular weight excluding hydrogens is 432 g/mol. The van der Waals surface area contributed by atoms with Crippen molar-refractivity contribution in [3.05, 3.63) is 62.8 Å². The number of hydrogen-bond acceptors (Lipinski definition) is 2. The predicted octanol–water partition coefficient (Wildman–Crippen LogP) is 5.22. The molecule has 0 aliphatic heterocycles. The summed E-state index contributed by atoms with van der Waals surface area (Å²) in [6, 6.07) is 5.95. The van der Waals surface area contributed by atoms with Gasteiger partial charge in [-0.05, 0) is 24.3 Å². The van der Waals surface area contributed by atoms with Crippen LogP contribution >= 0.6 is 27.5 Å². The average Bonchev–Trinajstić information content (AvgIpc) is 2.50. The SMILES string of the molecule is O=C(NC(=O)c1cc(Br)c(C(F)(F)F)cc1F)Nc1ccccc1Cl. The molecule has 2 rings (SSSR count). The van der Waals surface area contributed by atoms with E-state index in [0.29, 0.717) is 6.07 Å². The molecule has 0 aliphatic carbocycles. The molecule has 0 heterocycles. The number of benzene rings is 2. The highest BCUT2D eigenvalue weighted by molar-refractivity contribution is 9.10. The molecule has 0 aromatic heterocycles. The van der Waals surface area contributed by atoms with Gasteiger partial charge in [0.25, 0.3) is 5.91 Å². The monoisotopic (exact) mass is 438 g/mol. The molecule has 0 fully saturated rings. The summed E-state index contributed by atoms with van der Waals surface area (Å²) in [6.45, 7) is 0. The number of carbonyl (C=O) groups is 2. The minimum Gasteiger partial charge on any atom is -0.306 e. The fraction of sp³-hybridized carbons (Fsp3) is 0.0667. The van der Waals surface area contributed by atoms with Crippen molar-refractivity contribution in [3.63, 3.8) is 0 Å². The van der Waals surface area contributed by atoms with E-state index in [4.69, 9.17) is 11.6 Å². The number of amides is 3. The summed E-state index contributed by atoms with van der Waals surface area (Å²) in [4.78, 5) is 23.7. The molecule has 0 radical (unpaired) electrons. The summed E-state index contributed by atoms with van der Waals surface area (Å²) < 4.78 is 51.3. The Balaban J connectivity index is 2.17. The summed E-state index contributed by atoms with van der Waals surface area (Å²) >= 11 is 8.46. The Morgan fingerprint density at radius 1 is 1.12 bits per heavy atom. The van der Waals surface area contributed by atoms with Crippen LogP contribution in [0, 0.1) is 5.82 Å². The molecule has 0 unspecified atom stereocenters. The van der Waals surface area contributed by atoms with Gasteiger partial charge in [-0.1, -0.05) is 39.7 Å². The lowest BCUT2D eigenvalue weighted by Gasteiger charge is -2.12. The van der Waals surface area contributed by atoms with Crippen molar-refractivity contribution >= 4 is 45.2 Å². The molecule has 0 saturated heterocycles. The lowest BCUT2D eigenvalue weighted by Crippen LogP contribution is -2.35. The first-order chi connectivity index (χ1) is 11.6. The van der Waals surface area contributed by atoms with Crippen LogP contribution in [0.4, 0.5) is 28.0 Å². The van der Waals surface area contributed by atoms with E-state index in [9.17, 15) is 27.2 Å². The number of halogens is 6. The van der Waals surface area contributed by atoms with E-state index in [1.807, 2.05) is 5.32 Å². The molecule has 2 aromatic carbocycles. The molecule has 2 N–H and O–H groups in total.